The van der Waals surface area contributed by atoms with Gasteiger partial charge in [-0.15, -0.1) is 5.10 Å². The summed E-state index contributed by atoms with van der Waals surface area (Å²) in [6, 6.07) is 11.3. The molecular formula is C19H17ClFN3O3S. The van der Waals surface area contributed by atoms with Crippen LogP contribution in [0.15, 0.2) is 47.6 Å². The summed E-state index contributed by atoms with van der Waals surface area (Å²) in [4.78, 5) is 23.4. The zero-order valence-corrected chi connectivity index (χ0v) is 16.7. The monoisotopic (exact) mass is 421 g/mol. The van der Waals surface area contributed by atoms with Crippen molar-refractivity contribution < 1.29 is 18.7 Å². The third-order valence-corrected chi connectivity index (χ3v) is 5.15. The van der Waals surface area contributed by atoms with E-state index >= 15 is 0 Å². The molecule has 2 aromatic rings. The predicted molar refractivity (Wildman–Crippen MR) is 106 cm³/mol. The van der Waals surface area contributed by atoms with Gasteiger partial charge in [-0.3, -0.25) is 9.59 Å². The van der Waals surface area contributed by atoms with Crippen molar-refractivity contribution in [2.75, 3.05) is 0 Å². The second-order valence-electron chi connectivity index (χ2n) is 5.98. The van der Waals surface area contributed by atoms with Crippen LogP contribution < -0.4 is 10.1 Å². The minimum Gasteiger partial charge on any atom is -0.488 e. The molecule has 0 bridgehead atoms. The van der Waals surface area contributed by atoms with Crippen molar-refractivity contribution in [2.24, 2.45) is 5.10 Å². The van der Waals surface area contributed by atoms with Crippen LogP contribution in [0.3, 0.4) is 0 Å². The van der Waals surface area contributed by atoms with Crippen LogP contribution >= 0.6 is 23.4 Å². The Kier molecular flexibility index (Phi) is 6.21. The zero-order chi connectivity index (χ0) is 20.3. The quantitative estimate of drug-likeness (QED) is 0.808. The first kappa shape index (κ1) is 20.2. The maximum Gasteiger partial charge on any atom is 0.241 e. The van der Waals surface area contributed by atoms with Crippen molar-refractivity contribution in [3.63, 3.8) is 0 Å². The van der Waals surface area contributed by atoms with Crippen molar-refractivity contribution in [1.29, 1.82) is 0 Å². The Morgan fingerprint density at radius 2 is 2.04 bits per heavy atom. The van der Waals surface area contributed by atoms with Crippen LogP contribution in [0.25, 0.3) is 0 Å². The lowest BCUT2D eigenvalue weighted by molar-refractivity contribution is -0.129. The highest BCUT2D eigenvalue weighted by molar-refractivity contribution is 8.14. The third kappa shape index (κ3) is 4.63. The Balaban J connectivity index is 1.88. The fourth-order valence-corrected chi connectivity index (χ4v) is 3.92. The molecule has 1 N–H and O–H groups in total. The van der Waals surface area contributed by atoms with Crippen LogP contribution in [-0.2, 0) is 16.2 Å². The summed E-state index contributed by atoms with van der Waals surface area (Å²) in [5.41, 5.74) is 0.995. The van der Waals surface area contributed by atoms with Gasteiger partial charge in [0.25, 0.3) is 0 Å². The van der Waals surface area contributed by atoms with E-state index in [1.807, 2.05) is 0 Å². The summed E-state index contributed by atoms with van der Waals surface area (Å²) >= 11 is 7.34. The smallest absolute Gasteiger partial charge is 0.241 e. The highest BCUT2D eigenvalue weighted by atomic mass is 35.5. The molecule has 146 valence electrons. The van der Waals surface area contributed by atoms with Crippen LogP contribution in [-0.4, -0.2) is 22.0 Å². The predicted octanol–water partition coefficient (Wildman–Crippen LogP) is 4.06. The Hall–Kier alpha value is -2.58. The number of benzene rings is 2. The number of nitrogens with one attached hydrogen (secondary N) is 1. The van der Waals surface area contributed by atoms with Crippen molar-refractivity contribution in [2.45, 2.75) is 25.8 Å². The van der Waals surface area contributed by atoms with E-state index in [0.29, 0.717) is 27.1 Å². The molecule has 0 radical (unpaired) electrons. The molecule has 0 fully saturated rings. The highest BCUT2D eigenvalue weighted by Crippen LogP contribution is 2.43. The van der Waals surface area contributed by atoms with Crippen molar-refractivity contribution in [3.05, 3.63) is 64.4 Å². The Morgan fingerprint density at radius 3 is 2.71 bits per heavy atom. The van der Waals surface area contributed by atoms with Gasteiger partial charge in [-0.1, -0.05) is 41.6 Å². The van der Waals surface area contributed by atoms with E-state index in [1.165, 1.54) is 36.7 Å². The van der Waals surface area contributed by atoms with E-state index in [2.05, 4.69) is 10.4 Å². The number of hydrogen-bond acceptors (Lipinski definition) is 5. The van der Waals surface area contributed by atoms with E-state index in [4.69, 9.17) is 16.3 Å². The number of halogens is 2. The number of rotatable bonds is 4. The third-order valence-electron chi connectivity index (χ3n) is 3.83. The molecule has 9 heteroatoms. The van der Waals surface area contributed by atoms with E-state index in [0.717, 1.165) is 0 Å². The molecule has 6 nitrogen and oxygen atoms in total. The number of carbonyl (C=O) groups excluding carboxylic acids is 2. The molecule has 1 unspecified atom stereocenters. The normalized spacial score (nSPS) is 15.9. The van der Waals surface area contributed by atoms with Crippen LogP contribution in [0.4, 0.5) is 4.39 Å². The first-order valence-electron chi connectivity index (χ1n) is 8.33. The Morgan fingerprint density at radius 1 is 1.29 bits per heavy atom. The lowest BCUT2D eigenvalue weighted by Gasteiger charge is -2.22. The van der Waals surface area contributed by atoms with Gasteiger partial charge in [0.2, 0.25) is 11.8 Å². The number of amidine groups is 1. The van der Waals surface area contributed by atoms with Crippen LogP contribution in [0.2, 0.25) is 5.02 Å². The maximum absolute atomic E-state index is 13.9. The molecule has 28 heavy (non-hydrogen) atoms. The van der Waals surface area contributed by atoms with Crippen LogP contribution in [0.1, 0.15) is 30.3 Å². The molecule has 3 rings (SSSR count). The maximum atomic E-state index is 13.9. The van der Waals surface area contributed by atoms with Gasteiger partial charge < -0.3 is 10.1 Å². The summed E-state index contributed by atoms with van der Waals surface area (Å²) in [5.74, 6) is -0.527. The topological polar surface area (TPSA) is 71.0 Å². The fraction of sp³-hybridized carbons (Fsp3) is 0.211. The number of ether oxygens (including phenoxy) is 1. The molecular weight excluding hydrogens is 405 g/mol. The van der Waals surface area contributed by atoms with Gasteiger partial charge in [0.1, 0.15) is 23.5 Å². The van der Waals surface area contributed by atoms with Gasteiger partial charge in [0.15, 0.2) is 5.17 Å². The average molecular weight is 422 g/mol. The number of nitrogens with zero attached hydrogens (tertiary/aromatic N) is 2. The summed E-state index contributed by atoms with van der Waals surface area (Å²) in [6.45, 7) is 2.74. The van der Waals surface area contributed by atoms with Crippen molar-refractivity contribution >= 4 is 40.3 Å². The lowest BCUT2D eigenvalue weighted by atomic mass is 10.2. The minimum absolute atomic E-state index is 0.0121. The number of amides is 2. The molecule has 1 aliphatic rings. The van der Waals surface area contributed by atoms with E-state index in [1.54, 1.807) is 36.4 Å². The van der Waals surface area contributed by atoms with Gasteiger partial charge in [-0.05, 0) is 24.3 Å². The van der Waals surface area contributed by atoms with Crippen LogP contribution in [0, 0.1) is 5.82 Å². The largest absolute Gasteiger partial charge is 0.488 e. The molecule has 1 atom stereocenters. The second-order valence-corrected chi connectivity index (χ2v) is 7.49. The van der Waals surface area contributed by atoms with Crippen LogP contribution in [0.5, 0.6) is 5.75 Å². The fourth-order valence-electron chi connectivity index (χ4n) is 2.58. The Bertz CT molecular complexity index is 954. The van der Waals surface area contributed by atoms with Crippen molar-refractivity contribution in [1.82, 2.24) is 10.3 Å². The summed E-state index contributed by atoms with van der Waals surface area (Å²) in [6.07, 6.45) is 0. The molecule has 2 aromatic carbocycles. The van der Waals surface area contributed by atoms with Gasteiger partial charge in [-0.2, -0.15) is 0 Å². The first-order valence-corrected chi connectivity index (χ1v) is 9.59. The number of thioether (sulfide) groups is 1. The second kappa shape index (κ2) is 8.62. The molecule has 0 saturated carbocycles. The summed E-state index contributed by atoms with van der Waals surface area (Å²) < 4.78 is 19.7. The molecule has 1 aliphatic heterocycles. The SMILES string of the molecule is CC(=O)NC1=NN(C(C)=O)C(c2cc(Cl)ccc2OCc2ccccc2F)S1. The van der Waals surface area contributed by atoms with Gasteiger partial charge >= 0.3 is 0 Å². The van der Waals surface area contributed by atoms with E-state index in [9.17, 15) is 14.0 Å². The van der Waals surface area contributed by atoms with Gasteiger partial charge in [0, 0.05) is 30.0 Å². The molecule has 2 amide bonds. The van der Waals surface area contributed by atoms with E-state index < -0.39 is 5.37 Å². The molecule has 0 saturated heterocycles. The minimum atomic E-state index is -0.575. The van der Waals surface area contributed by atoms with Crippen molar-refractivity contribution in [3.8, 4) is 5.75 Å². The Labute approximate surface area is 170 Å². The molecule has 0 aromatic heterocycles. The summed E-state index contributed by atoms with van der Waals surface area (Å²) in [5, 5.41) is 8.16. The number of carbonyl (C=O) groups is 2. The molecule has 1 heterocycles. The lowest BCUT2D eigenvalue weighted by Crippen LogP contribution is -2.25. The van der Waals surface area contributed by atoms with E-state index in [-0.39, 0.29) is 24.2 Å². The molecule has 0 spiro atoms. The van der Waals surface area contributed by atoms with Gasteiger partial charge in [0.05, 0.1) is 0 Å². The number of hydrazone groups is 1. The first-order chi connectivity index (χ1) is 13.3. The average Bonchev–Trinajstić information content (AvgIpc) is 3.05. The highest BCUT2D eigenvalue weighted by Gasteiger charge is 2.34. The zero-order valence-electron chi connectivity index (χ0n) is 15.1. The number of hydrogen-bond donors (Lipinski definition) is 1. The summed E-state index contributed by atoms with van der Waals surface area (Å²) in [7, 11) is 0. The molecule has 0 aliphatic carbocycles. The standard InChI is InChI=1S/C19H17ClFN3O3S/c1-11(25)22-19-23-24(12(2)26)18(28-19)15-9-14(20)7-8-17(15)27-10-13-5-3-4-6-16(13)21/h3-9,18H,10H2,1-2H3,(H,22,23,25). The van der Waals surface area contributed by atoms with Gasteiger partial charge in [-0.25, -0.2) is 9.40 Å².